The van der Waals surface area contributed by atoms with Crippen LogP contribution in [0.5, 0.6) is 0 Å². The van der Waals surface area contributed by atoms with Crippen molar-refractivity contribution in [1.29, 1.82) is 0 Å². The van der Waals surface area contributed by atoms with Crippen molar-refractivity contribution in [2.75, 3.05) is 13.2 Å². The van der Waals surface area contributed by atoms with Crippen molar-refractivity contribution in [2.24, 2.45) is 5.73 Å². The van der Waals surface area contributed by atoms with E-state index in [-0.39, 0.29) is 13.0 Å². The Morgan fingerprint density at radius 1 is 0.857 bits per heavy atom. The molecule has 170 valence electrons. The lowest BCUT2D eigenvalue weighted by molar-refractivity contribution is 0.271. The van der Waals surface area contributed by atoms with E-state index in [1.54, 1.807) is 6.08 Å². The third-order valence-electron chi connectivity index (χ3n) is 4.51. The Labute approximate surface area is 174 Å². The fraction of sp³-hybridized carbons (Fsp3) is 0.909. The Balaban J connectivity index is 0. The van der Waals surface area contributed by atoms with Crippen molar-refractivity contribution >= 4 is 10.1 Å². The molecule has 1 unspecified atom stereocenters. The zero-order valence-electron chi connectivity index (χ0n) is 18.5. The van der Waals surface area contributed by atoms with Crippen molar-refractivity contribution in [3.8, 4) is 0 Å². The molecule has 1 atom stereocenters. The first-order chi connectivity index (χ1) is 13.5. The van der Waals surface area contributed by atoms with E-state index in [1.807, 2.05) is 6.92 Å². The zero-order chi connectivity index (χ0) is 21.5. The van der Waals surface area contributed by atoms with Gasteiger partial charge in [0.2, 0.25) is 5.50 Å². The molecule has 0 aliphatic carbocycles. The molecule has 0 bridgehead atoms. The molecule has 0 aliphatic heterocycles. The van der Waals surface area contributed by atoms with Crippen LogP contribution in [0.25, 0.3) is 0 Å². The number of nitrogens with two attached hydrogens (primary N) is 1. The van der Waals surface area contributed by atoms with Crippen LogP contribution in [0.15, 0.2) is 12.7 Å². The maximum Gasteiger partial charge on any atom is 0.299 e. The van der Waals surface area contributed by atoms with Crippen LogP contribution in [0.1, 0.15) is 110 Å². The van der Waals surface area contributed by atoms with Gasteiger partial charge in [0.15, 0.2) is 0 Å². The smallest absolute Gasteiger partial charge is 0.299 e. The summed E-state index contributed by atoms with van der Waals surface area (Å²) >= 11 is 0. The molecule has 0 saturated carbocycles. The Morgan fingerprint density at radius 2 is 1.25 bits per heavy atom. The molecule has 0 spiro atoms. The van der Waals surface area contributed by atoms with Crippen molar-refractivity contribution in [3.05, 3.63) is 12.7 Å². The fourth-order valence-electron chi connectivity index (χ4n) is 2.71. The highest BCUT2D eigenvalue weighted by Gasteiger charge is 2.25. The maximum absolute atomic E-state index is 13.6. The molecule has 0 amide bonds. The van der Waals surface area contributed by atoms with Gasteiger partial charge in [-0.05, 0) is 19.3 Å². The summed E-state index contributed by atoms with van der Waals surface area (Å²) in [5.41, 5.74) is 3.05. The molecule has 0 radical (unpaired) electrons. The lowest BCUT2D eigenvalue weighted by atomic mass is 10.1. The van der Waals surface area contributed by atoms with Crippen molar-refractivity contribution < 1.29 is 17.0 Å². The number of hydrogen-bond acceptors (Lipinski definition) is 4. The van der Waals surface area contributed by atoms with E-state index >= 15 is 0 Å². The van der Waals surface area contributed by atoms with Crippen LogP contribution in [-0.2, 0) is 14.3 Å². The van der Waals surface area contributed by atoms with Gasteiger partial charge in [-0.3, -0.25) is 4.18 Å². The molecule has 0 aromatic carbocycles. The van der Waals surface area contributed by atoms with Gasteiger partial charge in [0, 0.05) is 6.54 Å². The highest BCUT2D eigenvalue weighted by Crippen LogP contribution is 2.16. The van der Waals surface area contributed by atoms with Crippen molar-refractivity contribution in [1.82, 2.24) is 0 Å². The topological polar surface area (TPSA) is 69.4 Å². The molecular formula is C22H46FNO3S. The van der Waals surface area contributed by atoms with Crippen LogP contribution < -0.4 is 5.73 Å². The molecule has 0 heterocycles. The largest absolute Gasteiger partial charge is 0.327 e. The third kappa shape index (κ3) is 21.8. The summed E-state index contributed by atoms with van der Waals surface area (Å²) in [4.78, 5) is 0. The van der Waals surface area contributed by atoms with Gasteiger partial charge in [0.05, 0.1) is 6.61 Å². The zero-order valence-corrected chi connectivity index (χ0v) is 19.3. The van der Waals surface area contributed by atoms with E-state index in [9.17, 15) is 12.8 Å². The molecule has 2 N–H and O–H groups in total. The van der Waals surface area contributed by atoms with E-state index in [0.29, 0.717) is 19.4 Å². The van der Waals surface area contributed by atoms with Crippen LogP contribution >= 0.6 is 0 Å². The summed E-state index contributed by atoms with van der Waals surface area (Å²) in [6.45, 7) is 8.29. The van der Waals surface area contributed by atoms with Gasteiger partial charge < -0.3 is 5.73 Å². The van der Waals surface area contributed by atoms with Crippen molar-refractivity contribution in [2.45, 2.75) is 116 Å². The quantitative estimate of drug-likeness (QED) is 0.143. The van der Waals surface area contributed by atoms with Gasteiger partial charge in [-0.1, -0.05) is 97.0 Å². The third-order valence-corrected chi connectivity index (χ3v) is 5.87. The Hall–Kier alpha value is -0.460. The van der Waals surface area contributed by atoms with Crippen LogP contribution in [0.4, 0.5) is 4.39 Å². The summed E-state index contributed by atoms with van der Waals surface area (Å²) in [6, 6.07) is 0. The Morgan fingerprint density at radius 3 is 1.68 bits per heavy atom. The molecular weight excluding hydrogens is 377 g/mol. The van der Waals surface area contributed by atoms with Crippen LogP contribution in [0, 0.1) is 0 Å². The highest BCUT2D eigenvalue weighted by atomic mass is 32.2. The number of halogens is 1. The summed E-state index contributed by atoms with van der Waals surface area (Å²) in [6.07, 6.45) is 17.3. The van der Waals surface area contributed by atoms with E-state index < -0.39 is 15.6 Å². The molecule has 6 heteroatoms. The minimum absolute atomic E-state index is 0.0500. The molecule has 0 fully saturated rings. The normalized spacial score (nSPS) is 12.3. The summed E-state index contributed by atoms with van der Waals surface area (Å²) in [5.74, 6) is 0. The summed E-state index contributed by atoms with van der Waals surface area (Å²) in [5, 5.41) is 0. The average molecular weight is 424 g/mol. The lowest BCUT2D eigenvalue weighted by Crippen LogP contribution is -2.19. The maximum atomic E-state index is 13.6. The first-order valence-electron chi connectivity index (χ1n) is 11.3. The second-order valence-electron chi connectivity index (χ2n) is 7.28. The van der Waals surface area contributed by atoms with Gasteiger partial charge >= 0.3 is 0 Å². The predicted octanol–water partition coefficient (Wildman–Crippen LogP) is 6.65. The minimum atomic E-state index is -4.02. The first-order valence-corrected chi connectivity index (χ1v) is 12.8. The van der Waals surface area contributed by atoms with Gasteiger partial charge in [-0.25, -0.2) is 4.39 Å². The molecule has 0 aromatic heterocycles. The SMILES string of the molecule is C=CCN.CCCCCCCCCCCCCOS(=O)(=O)C(F)CCCCC. The predicted molar refractivity (Wildman–Crippen MR) is 120 cm³/mol. The molecule has 28 heavy (non-hydrogen) atoms. The average Bonchev–Trinajstić information content (AvgIpc) is 2.69. The second-order valence-corrected chi connectivity index (χ2v) is 9.01. The monoisotopic (exact) mass is 423 g/mol. The van der Waals surface area contributed by atoms with Gasteiger partial charge in [0.1, 0.15) is 0 Å². The van der Waals surface area contributed by atoms with E-state index in [2.05, 4.69) is 13.5 Å². The van der Waals surface area contributed by atoms with Crippen LogP contribution in [0.3, 0.4) is 0 Å². The fourth-order valence-corrected chi connectivity index (χ4v) is 3.67. The standard InChI is InChI=1S/C19H39FO3S.C3H7N/c1-3-5-7-8-9-10-11-12-13-14-16-18-23-24(21,22)19(20)17-15-6-4-2;1-2-3-4/h19H,3-18H2,1-2H3;2H,1,3-4H2. The van der Waals surface area contributed by atoms with Gasteiger partial charge in [0.25, 0.3) is 10.1 Å². The number of unbranched alkanes of at least 4 members (excludes halogenated alkanes) is 12. The summed E-state index contributed by atoms with van der Waals surface area (Å²) < 4.78 is 41.6. The number of alkyl halides is 1. The summed E-state index contributed by atoms with van der Waals surface area (Å²) in [7, 11) is -4.02. The van der Waals surface area contributed by atoms with E-state index in [4.69, 9.17) is 9.92 Å². The van der Waals surface area contributed by atoms with Crippen LogP contribution in [-0.4, -0.2) is 27.1 Å². The van der Waals surface area contributed by atoms with Crippen LogP contribution in [0.2, 0.25) is 0 Å². The second kappa shape index (κ2) is 22.8. The number of rotatable bonds is 19. The van der Waals surface area contributed by atoms with E-state index in [0.717, 1.165) is 25.7 Å². The molecule has 0 rings (SSSR count). The van der Waals surface area contributed by atoms with Crippen molar-refractivity contribution in [3.63, 3.8) is 0 Å². The van der Waals surface area contributed by atoms with E-state index in [1.165, 1.54) is 51.4 Å². The first kappa shape index (κ1) is 29.7. The lowest BCUT2D eigenvalue weighted by Gasteiger charge is -2.10. The molecule has 0 saturated heterocycles. The molecule has 0 aromatic rings. The minimum Gasteiger partial charge on any atom is -0.327 e. The molecule has 4 nitrogen and oxygen atoms in total. The Kier molecular flexibility index (Phi) is 24.2. The van der Waals surface area contributed by atoms with Gasteiger partial charge in [-0.15, -0.1) is 6.58 Å². The number of hydrogen-bond donors (Lipinski definition) is 1. The van der Waals surface area contributed by atoms with Gasteiger partial charge in [-0.2, -0.15) is 8.42 Å². The Bertz CT molecular complexity index is 416. The molecule has 0 aliphatic rings. The highest BCUT2D eigenvalue weighted by molar-refractivity contribution is 7.87.